The lowest BCUT2D eigenvalue weighted by Gasteiger charge is -2.27. The number of benzene rings is 3. The van der Waals surface area contributed by atoms with Crippen molar-refractivity contribution in [1.82, 2.24) is 0 Å². The van der Waals surface area contributed by atoms with Gasteiger partial charge in [-0.25, -0.2) is 0 Å². The molecule has 1 aliphatic carbocycles. The summed E-state index contributed by atoms with van der Waals surface area (Å²) < 4.78 is 0. The molecule has 0 aromatic heterocycles. The molecule has 3 aromatic carbocycles. The smallest absolute Gasteiger partial charge is 0.112 e. The fourth-order valence-electron chi connectivity index (χ4n) is 5.99. The van der Waals surface area contributed by atoms with Crippen molar-refractivity contribution in [2.75, 3.05) is 6.16 Å². The van der Waals surface area contributed by atoms with Crippen LogP contribution >= 0.6 is 7.26 Å². The Bertz CT molecular complexity index is 1100. The normalized spacial score (nSPS) is 17.8. The first-order valence-electron chi connectivity index (χ1n) is 14.8. The summed E-state index contributed by atoms with van der Waals surface area (Å²) in [7, 11) is -1.70. The van der Waals surface area contributed by atoms with Crippen LogP contribution in [0.15, 0.2) is 114 Å². The summed E-state index contributed by atoms with van der Waals surface area (Å²) in [6.45, 7) is 3.84. The Morgan fingerprint density at radius 2 is 0.949 bits per heavy atom. The molecular formula is C36H46O2P+. The SMILES string of the molecule is CC1=C(C)C(O)C(CCCCCCCCCC[P+](c2ccccc2)(c2ccccc2)c2ccccc2)=CC1O. The van der Waals surface area contributed by atoms with Crippen LogP contribution < -0.4 is 15.9 Å². The maximum Gasteiger partial charge on any atom is 0.112 e. The Kier molecular flexibility index (Phi) is 11.2. The van der Waals surface area contributed by atoms with Crippen LogP contribution in [0.4, 0.5) is 0 Å². The van der Waals surface area contributed by atoms with Crippen molar-refractivity contribution in [1.29, 1.82) is 0 Å². The molecule has 0 spiro atoms. The van der Waals surface area contributed by atoms with Crippen LogP contribution in [0.5, 0.6) is 0 Å². The topological polar surface area (TPSA) is 40.5 Å². The van der Waals surface area contributed by atoms with Crippen molar-refractivity contribution in [3.63, 3.8) is 0 Å². The molecule has 39 heavy (non-hydrogen) atoms. The molecule has 2 atom stereocenters. The first-order valence-corrected chi connectivity index (χ1v) is 16.8. The number of aliphatic hydroxyl groups is 2. The zero-order chi connectivity index (χ0) is 27.5. The molecule has 206 valence electrons. The third-order valence-corrected chi connectivity index (χ3v) is 13.0. The first-order chi connectivity index (χ1) is 19.0. The van der Waals surface area contributed by atoms with Crippen molar-refractivity contribution in [3.05, 3.63) is 114 Å². The third kappa shape index (κ3) is 7.37. The van der Waals surface area contributed by atoms with Gasteiger partial charge in [0.25, 0.3) is 0 Å². The van der Waals surface area contributed by atoms with Gasteiger partial charge in [0.15, 0.2) is 0 Å². The quantitative estimate of drug-likeness (QED) is 0.126. The van der Waals surface area contributed by atoms with Gasteiger partial charge in [-0.15, -0.1) is 0 Å². The van der Waals surface area contributed by atoms with Crippen molar-refractivity contribution in [3.8, 4) is 0 Å². The highest BCUT2D eigenvalue weighted by Crippen LogP contribution is 2.56. The van der Waals surface area contributed by atoms with Crippen LogP contribution in [0.25, 0.3) is 0 Å². The van der Waals surface area contributed by atoms with E-state index in [1.165, 1.54) is 67.0 Å². The molecule has 0 radical (unpaired) electrons. The summed E-state index contributed by atoms with van der Waals surface area (Å²) in [6, 6.07) is 33.6. The molecule has 0 amide bonds. The second-order valence-corrected chi connectivity index (χ2v) is 14.7. The Hall–Kier alpha value is -2.51. The Balaban J connectivity index is 1.26. The summed E-state index contributed by atoms with van der Waals surface area (Å²) in [5.41, 5.74) is 2.80. The van der Waals surface area contributed by atoms with Gasteiger partial charge in [-0.3, -0.25) is 0 Å². The molecule has 3 aromatic rings. The summed E-state index contributed by atoms with van der Waals surface area (Å²) in [5.74, 6) is 0. The monoisotopic (exact) mass is 541 g/mol. The molecule has 0 fully saturated rings. The largest absolute Gasteiger partial charge is 0.385 e. The van der Waals surface area contributed by atoms with Gasteiger partial charge in [-0.2, -0.15) is 0 Å². The highest BCUT2D eigenvalue weighted by molar-refractivity contribution is 7.95. The summed E-state index contributed by atoms with van der Waals surface area (Å²) in [4.78, 5) is 0. The Morgan fingerprint density at radius 1 is 0.538 bits per heavy atom. The minimum absolute atomic E-state index is 0.508. The zero-order valence-corrected chi connectivity index (χ0v) is 24.7. The standard InChI is InChI=1S/C36H46O2P/c1-29-30(2)36(38)31(28-35(29)37)20-12-7-5-3-4-6-8-19-27-39(32-21-13-9-14-22-32,33-23-15-10-16-24-33)34-25-17-11-18-26-34/h9-11,13-18,21-26,28,35-38H,3-8,12,19-20,27H2,1-2H3/q+1. The van der Waals surface area contributed by atoms with E-state index in [1.807, 2.05) is 19.9 Å². The minimum Gasteiger partial charge on any atom is -0.385 e. The molecule has 0 aliphatic heterocycles. The fraction of sp³-hybridized carbons (Fsp3) is 0.389. The average molecular weight is 542 g/mol. The van der Waals surface area contributed by atoms with Crippen molar-refractivity contribution >= 4 is 23.2 Å². The first kappa shape index (κ1) is 29.5. The summed E-state index contributed by atoms with van der Waals surface area (Å²) in [5, 5.41) is 25.1. The lowest BCUT2D eigenvalue weighted by atomic mass is 9.86. The molecule has 0 saturated carbocycles. The molecule has 0 saturated heterocycles. The second-order valence-electron chi connectivity index (χ2n) is 11.1. The Labute approximate surface area is 236 Å². The van der Waals surface area contributed by atoms with E-state index in [9.17, 15) is 10.2 Å². The molecule has 0 heterocycles. The number of rotatable bonds is 14. The lowest BCUT2D eigenvalue weighted by molar-refractivity contribution is 0.207. The van der Waals surface area contributed by atoms with E-state index < -0.39 is 19.5 Å². The van der Waals surface area contributed by atoms with Gasteiger partial charge in [0.1, 0.15) is 23.2 Å². The molecule has 2 nitrogen and oxygen atoms in total. The van der Waals surface area contributed by atoms with Crippen molar-refractivity contribution in [2.24, 2.45) is 0 Å². The van der Waals surface area contributed by atoms with Gasteiger partial charge in [-0.05, 0) is 98.7 Å². The van der Waals surface area contributed by atoms with Gasteiger partial charge in [0.2, 0.25) is 0 Å². The van der Waals surface area contributed by atoms with Crippen molar-refractivity contribution < 1.29 is 10.2 Å². The van der Waals surface area contributed by atoms with Crippen LogP contribution in [0.3, 0.4) is 0 Å². The van der Waals surface area contributed by atoms with Crippen LogP contribution in [0, 0.1) is 0 Å². The maximum atomic E-state index is 10.5. The van der Waals surface area contributed by atoms with Gasteiger partial charge in [0.05, 0.1) is 18.4 Å². The summed E-state index contributed by atoms with van der Waals surface area (Å²) in [6.07, 6.45) is 12.8. The van der Waals surface area contributed by atoms with E-state index in [0.29, 0.717) is 0 Å². The lowest BCUT2D eigenvalue weighted by Crippen LogP contribution is -2.33. The van der Waals surface area contributed by atoms with Gasteiger partial charge >= 0.3 is 0 Å². The van der Waals surface area contributed by atoms with Crippen LogP contribution in [-0.2, 0) is 0 Å². The number of hydrogen-bond acceptors (Lipinski definition) is 2. The molecule has 3 heteroatoms. The number of hydrogen-bond donors (Lipinski definition) is 2. The predicted molar refractivity (Wildman–Crippen MR) is 170 cm³/mol. The molecule has 2 unspecified atom stereocenters. The van der Waals surface area contributed by atoms with E-state index in [2.05, 4.69) is 91.0 Å². The minimum atomic E-state index is -1.70. The summed E-state index contributed by atoms with van der Waals surface area (Å²) >= 11 is 0. The van der Waals surface area contributed by atoms with Gasteiger partial charge in [-0.1, -0.05) is 86.7 Å². The second kappa shape index (κ2) is 14.8. The maximum absolute atomic E-state index is 10.5. The highest BCUT2D eigenvalue weighted by atomic mass is 31.2. The molecule has 2 N–H and O–H groups in total. The fourth-order valence-corrected chi connectivity index (χ4v) is 10.4. The van der Waals surface area contributed by atoms with E-state index in [-0.39, 0.29) is 0 Å². The molecule has 0 bridgehead atoms. The Morgan fingerprint density at radius 3 is 1.41 bits per heavy atom. The number of aliphatic hydroxyl groups excluding tert-OH is 2. The van der Waals surface area contributed by atoms with Gasteiger partial charge < -0.3 is 10.2 Å². The van der Waals surface area contributed by atoms with Crippen LogP contribution in [0.2, 0.25) is 0 Å². The van der Waals surface area contributed by atoms with E-state index in [0.717, 1.165) is 29.6 Å². The average Bonchev–Trinajstić information content (AvgIpc) is 2.99. The highest BCUT2D eigenvalue weighted by Gasteiger charge is 2.44. The molecular weight excluding hydrogens is 495 g/mol. The zero-order valence-electron chi connectivity index (χ0n) is 23.8. The predicted octanol–water partition coefficient (Wildman–Crippen LogP) is 7.49. The van der Waals surface area contributed by atoms with E-state index >= 15 is 0 Å². The van der Waals surface area contributed by atoms with E-state index in [4.69, 9.17) is 0 Å². The van der Waals surface area contributed by atoms with E-state index in [1.54, 1.807) is 0 Å². The van der Waals surface area contributed by atoms with Crippen LogP contribution in [0.1, 0.15) is 71.6 Å². The molecule has 4 rings (SSSR count). The molecule has 1 aliphatic rings. The van der Waals surface area contributed by atoms with Crippen molar-refractivity contribution in [2.45, 2.75) is 83.8 Å². The van der Waals surface area contributed by atoms with Crippen LogP contribution in [-0.4, -0.2) is 28.6 Å². The third-order valence-electron chi connectivity index (χ3n) is 8.50. The van der Waals surface area contributed by atoms with Gasteiger partial charge in [0, 0.05) is 0 Å². The number of unbranched alkanes of at least 4 members (excludes halogenated alkanes) is 7.